The van der Waals surface area contributed by atoms with E-state index in [0.717, 1.165) is 30.1 Å². The molecule has 21 heavy (non-hydrogen) atoms. The van der Waals surface area contributed by atoms with Crippen LogP contribution >= 0.6 is 11.3 Å². The summed E-state index contributed by atoms with van der Waals surface area (Å²) in [5, 5.41) is 2.95. The monoisotopic (exact) mass is 351 g/mol. The van der Waals surface area contributed by atoms with Gasteiger partial charge in [0.2, 0.25) is 10.0 Å². The maximum Gasteiger partial charge on any atom is 0.237 e. The third kappa shape index (κ3) is 3.38. The van der Waals surface area contributed by atoms with Crippen molar-refractivity contribution < 1.29 is 16.8 Å². The summed E-state index contributed by atoms with van der Waals surface area (Å²) in [6.45, 7) is 1.57. The van der Waals surface area contributed by atoms with Crippen molar-refractivity contribution in [3.8, 4) is 0 Å². The van der Waals surface area contributed by atoms with E-state index in [1.165, 1.54) is 11.3 Å². The van der Waals surface area contributed by atoms with E-state index in [1.54, 1.807) is 0 Å². The number of sulfonamides is 1. The van der Waals surface area contributed by atoms with Crippen LogP contribution in [0, 0.1) is 0 Å². The molecule has 1 fully saturated rings. The van der Waals surface area contributed by atoms with Gasteiger partial charge in [0.1, 0.15) is 9.84 Å². The van der Waals surface area contributed by atoms with Crippen molar-refractivity contribution in [1.29, 1.82) is 0 Å². The van der Waals surface area contributed by atoms with E-state index in [9.17, 15) is 16.8 Å². The van der Waals surface area contributed by atoms with Crippen LogP contribution in [0.2, 0.25) is 0 Å². The molecule has 1 aromatic rings. The Morgan fingerprint density at radius 2 is 2.00 bits per heavy atom. The lowest BCUT2D eigenvalue weighted by molar-refractivity contribution is 0.555. The maximum absolute atomic E-state index is 12.3. The molecule has 0 atom stereocenters. The number of sulfone groups is 1. The summed E-state index contributed by atoms with van der Waals surface area (Å²) in [6.07, 6.45) is 1.11. The number of nitrogens with one attached hydrogen (secondary N) is 2. The highest BCUT2D eigenvalue weighted by Gasteiger charge is 2.33. The molecule has 3 rings (SSSR count). The van der Waals surface area contributed by atoms with Crippen LogP contribution in [0.5, 0.6) is 0 Å². The maximum atomic E-state index is 12.3. The molecule has 0 radical (unpaired) electrons. The Balaban J connectivity index is 1.73. The molecular formula is C11H17N3O4S3. The van der Waals surface area contributed by atoms with E-state index in [2.05, 4.69) is 15.0 Å². The summed E-state index contributed by atoms with van der Waals surface area (Å²) >= 11 is 1.34. The van der Waals surface area contributed by atoms with Gasteiger partial charge in [0.05, 0.1) is 22.4 Å². The second-order valence-electron chi connectivity index (χ2n) is 5.31. The minimum Gasteiger partial charge on any atom is -0.311 e. The Morgan fingerprint density at radius 1 is 1.29 bits per heavy atom. The molecule has 3 heterocycles. The standard InChI is InChI=1S/C11H17N3O4S3/c15-20(16)5-2-8(3-6-20)21(17,18)14-11-13-9-1-4-12-7-10(9)19-11/h8,12H,1-7H2,(H,13,14). The van der Waals surface area contributed by atoms with Crippen molar-refractivity contribution in [1.82, 2.24) is 10.3 Å². The number of nitrogens with zero attached hydrogens (tertiary/aromatic N) is 1. The molecule has 0 aliphatic carbocycles. The van der Waals surface area contributed by atoms with E-state index < -0.39 is 25.1 Å². The van der Waals surface area contributed by atoms with Gasteiger partial charge in [-0.15, -0.1) is 0 Å². The Kier molecular flexibility index (Phi) is 3.97. The third-order valence-corrected chi connectivity index (χ3v) is 8.46. The van der Waals surface area contributed by atoms with E-state index in [0.29, 0.717) is 5.13 Å². The lowest BCUT2D eigenvalue weighted by Gasteiger charge is -2.21. The zero-order valence-corrected chi connectivity index (χ0v) is 13.8. The van der Waals surface area contributed by atoms with Gasteiger partial charge in [-0.2, -0.15) is 0 Å². The SMILES string of the molecule is O=S1(=O)CCC(S(=O)(=O)Nc2nc3c(s2)CNCC3)CC1. The lowest BCUT2D eigenvalue weighted by atomic mass is 10.2. The van der Waals surface area contributed by atoms with Crippen LogP contribution < -0.4 is 10.0 Å². The fourth-order valence-electron chi connectivity index (χ4n) is 2.55. The van der Waals surface area contributed by atoms with Gasteiger partial charge < -0.3 is 5.32 Å². The van der Waals surface area contributed by atoms with Gasteiger partial charge in [0.25, 0.3) is 0 Å². The van der Waals surface area contributed by atoms with Crippen molar-refractivity contribution in [2.45, 2.75) is 31.1 Å². The molecule has 0 amide bonds. The molecule has 2 aliphatic heterocycles. The zero-order valence-electron chi connectivity index (χ0n) is 11.3. The van der Waals surface area contributed by atoms with Crippen LogP contribution in [0.4, 0.5) is 5.13 Å². The molecule has 1 saturated heterocycles. The number of aromatic nitrogens is 1. The second-order valence-corrected chi connectivity index (χ2v) is 10.7. The molecule has 118 valence electrons. The molecule has 10 heteroatoms. The summed E-state index contributed by atoms with van der Waals surface area (Å²) in [7, 11) is -6.64. The van der Waals surface area contributed by atoms with Gasteiger partial charge >= 0.3 is 0 Å². The van der Waals surface area contributed by atoms with Crippen LogP contribution in [0.3, 0.4) is 0 Å². The van der Waals surface area contributed by atoms with E-state index in [1.807, 2.05) is 0 Å². The van der Waals surface area contributed by atoms with E-state index in [-0.39, 0.29) is 24.3 Å². The summed E-state index contributed by atoms with van der Waals surface area (Å²) in [5.41, 5.74) is 0.947. The van der Waals surface area contributed by atoms with Crippen molar-refractivity contribution in [3.05, 3.63) is 10.6 Å². The predicted octanol–water partition coefficient (Wildman–Crippen LogP) is 0.108. The topological polar surface area (TPSA) is 105 Å². The molecule has 0 spiro atoms. The van der Waals surface area contributed by atoms with Gasteiger partial charge in [-0.3, -0.25) is 4.72 Å². The lowest BCUT2D eigenvalue weighted by Crippen LogP contribution is -2.36. The number of hydrogen-bond acceptors (Lipinski definition) is 7. The molecule has 0 unspecified atom stereocenters. The number of rotatable bonds is 3. The van der Waals surface area contributed by atoms with Crippen LogP contribution in [-0.2, 0) is 32.8 Å². The molecule has 0 aromatic carbocycles. The average molecular weight is 351 g/mol. The summed E-state index contributed by atoms with van der Waals surface area (Å²) in [4.78, 5) is 5.39. The average Bonchev–Trinajstić information content (AvgIpc) is 2.79. The first kappa shape index (κ1) is 15.2. The summed E-state index contributed by atoms with van der Waals surface area (Å²) in [6, 6.07) is 0. The molecule has 7 nitrogen and oxygen atoms in total. The number of thiazole rings is 1. The highest BCUT2D eigenvalue weighted by Crippen LogP contribution is 2.28. The smallest absolute Gasteiger partial charge is 0.237 e. The molecule has 2 N–H and O–H groups in total. The molecule has 2 aliphatic rings. The van der Waals surface area contributed by atoms with E-state index >= 15 is 0 Å². The van der Waals surface area contributed by atoms with E-state index in [4.69, 9.17) is 0 Å². The minimum atomic E-state index is -3.57. The number of hydrogen-bond donors (Lipinski definition) is 2. The van der Waals surface area contributed by atoms with Gasteiger partial charge in [-0.25, -0.2) is 21.8 Å². The first-order chi connectivity index (χ1) is 9.86. The third-order valence-electron chi connectivity index (χ3n) is 3.77. The first-order valence-electron chi connectivity index (χ1n) is 6.77. The van der Waals surface area contributed by atoms with Gasteiger partial charge in [-0.05, 0) is 12.8 Å². The van der Waals surface area contributed by atoms with Crippen molar-refractivity contribution in [3.63, 3.8) is 0 Å². The predicted molar refractivity (Wildman–Crippen MR) is 81.7 cm³/mol. The Hall–Kier alpha value is -0.710. The largest absolute Gasteiger partial charge is 0.311 e. The van der Waals surface area contributed by atoms with Gasteiger partial charge in [0.15, 0.2) is 5.13 Å². The minimum absolute atomic E-state index is 0.0587. The molecular weight excluding hydrogens is 334 g/mol. The summed E-state index contributed by atoms with van der Waals surface area (Å²) in [5.74, 6) is -0.117. The second kappa shape index (κ2) is 5.49. The summed E-state index contributed by atoms with van der Waals surface area (Å²) < 4.78 is 49.9. The molecule has 0 bridgehead atoms. The molecule has 0 saturated carbocycles. The van der Waals surface area contributed by atoms with Crippen LogP contribution in [0.25, 0.3) is 0 Å². The van der Waals surface area contributed by atoms with Crippen LogP contribution in [0.15, 0.2) is 0 Å². The Bertz CT molecular complexity index is 701. The zero-order chi connectivity index (χ0) is 15.1. The van der Waals surface area contributed by atoms with Gasteiger partial charge in [0, 0.05) is 24.4 Å². The van der Waals surface area contributed by atoms with Crippen molar-refractivity contribution >= 4 is 36.3 Å². The number of fused-ring (bicyclic) bond motifs is 1. The Morgan fingerprint density at radius 3 is 2.67 bits per heavy atom. The van der Waals surface area contributed by atoms with Crippen LogP contribution in [0.1, 0.15) is 23.4 Å². The quantitative estimate of drug-likeness (QED) is 0.801. The fraction of sp³-hybridized carbons (Fsp3) is 0.727. The normalized spacial score (nSPS) is 22.7. The van der Waals surface area contributed by atoms with Crippen LogP contribution in [-0.4, -0.2) is 45.1 Å². The van der Waals surface area contributed by atoms with Gasteiger partial charge in [-0.1, -0.05) is 11.3 Å². The fourth-order valence-corrected chi connectivity index (χ4v) is 7.00. The first-order valence-corrected chi connectivity index (χ1v) is 11.0. The molecule has 1 aromatic heterocycles. The Labute approximate surface area is 128 Å². The number of anilines is 1. The highest BCUT2D eigenvalue weighted by atomic mass is 32.2. The van der Waals surface area contributed by atoms with Crippen molar-refractivity contribution in [2.75, 3.05) is 22.8 Å². The van der Waals surface area contributed by atoms with Crippen molar-refractivity contribution in [2.24, 2.45) is 0 Å². The highest BCUT2D eigenvalue weighted by molar-refractivity contribution is 7.94.